The van der Waals surface area contributed by atoms with Gasteiger partial charge in [-0.05, 0) is 66.0 Å². The number of hydrogen-bond donors (Lipinski definition) is 0. The van der Waals surface area contributed by atoms with Crippen LogP contribution in [0.4, 0.5) is 0 Å². The highest BCUT2D eigenvalue weighted by Crippen LogP contribution is 2.56. The van der Waals surface area contributed by atoms with Crippen LogP contribution in [0.3, 0.4) is 0 Å². The molecule has 2 aromatic rings. The molecule has 2 aromatic carbocycles. The van der Waals surface area contributed by atoms with Crippen molar-refractivity contribution < 1.29 is 0 Å². The van der Waals surface area contributed by atoms with Crippen molar-refractivity contribution in [1.82, 2.24) is 0 Å². The molecule has 0 bridgehead atoms. The van der Waals surface area contributed by atoms with Gasteiger partial charge in [-0.25, -0.2) is 0 Å². The number of unbranched alkanes of at least 4 members (excludes halogenated alkanes) is 1. The largest absolute Gasteiger partial charge is 0.0829 e. The zero-order valence-electron chi connectivity index (χ0n) is 16.9. The van der Waals surface area contributed by atoms with E-state index in [9.17, 15) is 0 Å². The van der Waals surface area contributed by atoms with Crippen LogP contribution in [-0.2, 0) is 11.8 Å². The van der Waals surface area contributed by atoms with E-state index >= 15 is 0 Å². The predicted octanol–water partition coefficient (Wildman–Crippen LogP) is 7.29. The van der Waals surface area contributed by atoms with Crippen molar-refractivity contribution in [3.63, 3.8) is 0 Å². The first-order chi connectivity index (χ1) is 12.6. The molecule has 2 atom stereocenters. The normalized spacial score (nSPS) is 20.8. The molecule has 0 N–H and O–H groups in total. The number of fused-ring (bicyclic) bond motifs is 3. The van der Waals surface area contributed by atoms with E-state index in [2.05, 4.69) is 70.2 Å². The molecule has 2 unspecified atom stereocenters. The lowest BCUT2D eigenvalue weighted by Gasteiger charge is -2.37. The number of rotatable bonds is 6. The Kier molecular flexibility index (Phi) is 4.55. The molecule has 2 aliphatic carbocycles. The van der Waals surface area contributed by atoms with Gasteiger partial charge in [-0.15, -0.1) is 0 Å². The van der Waals surface area contributed by atoms with Gasteiger partial charge in [0.2, 0.25) is 0 Å². The lowest BCUT2D eigenvalue weighted by atomic mass is 9.66. The van der Waals surface area contributed by atoms with Crippen molar-refractivity contribution in [1.29, 1.82) is 0 Å². The van der Waals surface area contributed by atoms with Crippen LogP contribution < -0.4 is 0 Å². The number of aryl methyl sites for hydroxylation is 2. The molecule has 0 nitrogen and oxygen atoms in total. The van der Waals surface area contributed by atoms with Crippen LogP contribution >= 0.6 is 0 Å². The van der Waals surface area contributed by atoms with Crippen LogP contribution in [0, 0.1) is 19.8 Å². The molecule has 0 aliphatic heterocycles. The van der Waals surface area contributed by atoms with Gasteiger partial charge in [-0.2, -0.15) is 0 Å². The van der Waals surface area contributed by atoms with Gasteiger partial charge in [0.25, 0.3) is 0 Å². The van der Waals surface area contributed by atoms with Gasteiger partial charge in [0.1, 0.15) is 0 Å². The van der Waals surface area contributed by atoms with E-state index in [0.29, 0.717) is 0 Å². The fourth-order valence-corrected chi connectivity index (χ4v) is 5.38. The lowest BCUT2D eigenvalue weighted by molar-refractivity contribution is 0.365. The molecule has 26 heavy (non-hydrogen) atoms. The first-order valence-corrected chi connectivity index (χ1v) is 10.5. The zero-order valence-corrected chi connectivity index (χ0v) is 16.9. The van der Waals surface area contributed by atoms with E-state index in [0.717, 1.165) is 12.3 Å². The molecule has 0 heteroatoms. The van der Waals surface area contributed by atoms with Crippen molar-refractivity contribution in [2.75, 3.05) is 0 Å². The van der Waals surface area contributed by atoms with Crippen LogP contribution in [-0.4, -0.2) is 0 Å². The molecule has 2 aliphatic rings. The smallest absolute Gasteiger partial charge is 0.0400 e. The van der Waals surface area contributed by atoms with Crippen molar-refractivity contribution in [3.05, 3.63) is 70.3 Å². The van der Waals surface area contributed by atoms with E-state index in [1.165, 1.54) is 54.4 Å². The molecule has 0 aromatic heterocycles. The van der Waals surface area contributed by atoms with E-state index < -0.39 is 0 Å². The number of allylic oxidation sites excluding steroid dienone is 2. The summed E-state index contributed by atoms with van der Waals surface area (Å²) in [6.07, 6.45) is 12.7. The molecule has 4 rings (SSSR count). The Morgan fingerprint density at radius 3 is 2.62 bits per heavy atom. The second-order valence-electron chi connectivity index (χ2n) is 8.53. The van der Waals surface area contributed by atoms with Gasteiger partial charge in [0.05, 0.1) is 0 Å². The summed E-state index contributed by atoms with van der Waals surface area (Å²) < 4.78 is 0. The molecule has 0 spiro atoms. The van der Waals surface area contributed by atoms with Crippen molar-refractivity contribution in [2.24, 2.45) is 5.92 Å². The molecule has 0 saturated carbocycles. The quantitative estimate of drug-likeness (QED) is 0.483. The van der Waals surface area contributed by atoms with E-state index in [-0.39, 0.29) is 5.41 Å². The van der Waals surface area contributed by atoms with Gasteiger partial charge in [0.15, 0.2) is 0 Å². The summed E-state index contributed by atoms with van der Waals surface area (Å²) in [4.78, 5) is 0. The zero-order chi connectivity index (χ0) is 18.3. The second-order valence-corrected chi connectivity index (χ2v) is 8.53. The minimum absolute atomic E-state index is 0.102. The third-order valence-corrected chi connectivity index (χ3v) is 6.82. The third-order valence-electron chi connectivity index (χ3n) is 6.82. The highest BCUT2D eigenvalue weighted by atomic mass is 14.5. The third kappa shape index (κ3) is 2.57. The lowest BCUT2D eigenvalue weighted by Crippen LogP contribution is -2.30. The first kappa shape index (κ1) is 17.6. The van der Waals surface area contributed by atoms with Crippen molar-refractivity contribution in [2.45, 2.75) is 71.6 Å². The molecule has 0 amide bonds. The standard InChI is InChI=1S/C26H32/c1-5-7-9-20(6-2)17-26-15-8-10-21-19(4)12-14-23(25(21)26)22-13-11-18(3)16-24(22)26/h8,11-16,20H,5-7,9-10,17H2,1-4H3. The summed E-state index contributed by atoms with van der Waals surface area (Å²) in [7, 11) is 0. The maximum Gasteiger partial charge on any atom is 0.0400 e. The van der Waals surface area contributed by atoms with Crippen LogP contribution in [0.25, 0.3) is 11.1 Å². The second kappa shape index (κ2) is 6.72. The average Bonchev–Trinajstić information content (AvgIpc) is 2.92. The summed E-state index contributed by atoms with van der Waals surface area (Å²) in [5.41, 5.74) is 10.7. The van der Waals surface area contributed by atoms with E-state index in [1.807, 2.05) is 0 Å². The summed E-state index contributed by atoms with van der Waals surface area (Å²) in [6, 6.07) is 11.8. The Balaban J connectivity index is 1.91. The summed E-state index contributed by atoms with van der Waals surface area (Å²) in [5, 5.41) is 0. The van der Waals surface area contributed by atoms with E-state index in [1.54, 1.807) is 16.7 Å². The Morgan fingerprint density at radius 1 is 1.04 bits per heavy atom. The van der Waals surface area contributed by atoms with Gasteiger partial charge >= 0.3 is 0 Å². The SMILES string of the molecule is CCCCC(CC)CC12C=CCc3c(C)ccc(c31)-c1ccc(C)cc12. The van der Waals surface area contributed by atoms with Crippen molar-refractivity contribution >= 4 is 0 Å². The van der Waals surface area contributed by atoms with Crippen LogP contribution in [0.15, 0.2) is 42.5 Å². The fourth-order valence-electron chi connectivity index (χ4n) is 5.38. The number of benzene rings is 2. The van der Waals surface area contributed by atoms with E-state index in [4.69, 9.17) is 0 Å². The van der Waals surface area contributed by atoms with Gasteiger partial charge in [-0.1, -0.05) is 87.6 Å². The molecule has 0 heterocycles. The monoisotopic (exact) mass is 344 g/mol. The molecule has 136 valence electrons. The molecular formula is C26H32. The molecule has 0 saturated heterocycles. The Morgan fingerprint density at radius 2 is 1.85 bits per heavy atom. The highest BCUT2D eigenvalue weighted by molar-refractivity contribution is 5.85. The number of hydrogen-bond acceptors (Lipinski definition) is 0. The minimum Gasteiger partial charge on any atom is -0.0829 e. The summed E-state index contributed by atoms with van der Waals surface area (Å²) >= 11 is 0. The molecule has 0 fully saturated rings. The Hall–Kier alpha value is -1.82. The van der Waals surface area contributed by atoms with Crippen molar-refractivity contribution in [3.8, 4) is 11.1 Å². The van der Waals surface area contributed by atoms with Crippen LogP contribution in [0.2, 0.25) is 0 Å². The predicted molar refractivity (Wildman–Crippen MR) is 113 cm³/mol. The van der Waals surface area contributed by atoms with Gasteiger partial charge in [0, 0.05) is 5.41 Å². The fraction of sp³-hybridized carbons (Fsp3) is 0.462. The molecular weight excluding hydrogens is 312 g/mol. The minimum atomic E-state index is 0.102. The maximum atomic E-state index is 2.57. The Bertz CT molecular complexity index is 855. The topological polar surface area (TPSA) is 0 Å². The van der Waals surface area contributed by atoms with Gasteiger partial charge in [-0.3, -0.25) is 0 Å². The average molecular weight is 345 g/mol. The summed E-state index contributed by atoms with van der Waals surface area (Å²) in [6.45, 7) is 9.23. The highest BCUT2D eigenvalue weighted by Gasteiger charge is 2.45. The van der Waals surface area contributed by atoms with Crippen LogP contribution in [0.5, 0.6) is 0 Å². The Labute approximate surface area is 159 Å². The first-order valence-electron chi connectivity index (χ1n) is 10.5. The van der Waals surface area contributed by atoms with Crippen LogP contribution in [0.1, 0.15) is 73.8 Å². The molecule has 0 radical (unpaired) electrons. The maximum absolute atomic E-state index is 2.57. The van der Waals surface area contributed by atoms with Gasteiger partial charge < -0.3 is 0 Å². The summed E-state index contributed by atoms with van der Waals surface area (Å²) in [5.74, 6) is 0.797.